The molecule has 3 nitrogen and oxygen atoms in total. The summed E-state index contributed by atoms with van der Waals surface area (Å²) in [5, 5.41) is 5.11. The van der Waals surface area contributed by atoms with Crippen LogP contribution >= 0.6 is 0 Å². The molecule has 0 amide bonds. The number of fused-ring (bicyclic) bond motifs is 1. The van der Waals surface area contributed by atoms with Crippen molar-refractivity contribution in [3.63, 3.8) is 0 Å². The maximum atomic E-state index is 11.6. The topological polar surface area (TPSA) is 37.8 Å². The standard InChI is InChI=1S/C13H10N2O/c16-13-8-9-14-15(13)12-7-3-5-10-4-1-2-6-11(10)12/h1-9,14H. The van der Waals surface area contributed by atoms with Crippen LogP contribution in [0.25, 0.3) is 16.5 Å². The second-order valence-electron chi connectivity index (χ2n) is 3.63. The van der Waals surface area contributed by atoms with E-state index in [-0.39, 0.29) is 5.56 Å². The smallest absolute Gasteiger partial charge is 0.271 e. The molecule has 3 rings (SSSR count). The third-order valence-electron chi connectivity index (χ3n) is 2.66. The Morgan fingerprint density at radius 1 is 0.938 bits per heavy atom. The van der Waals surface area contributed by atoms with Gasteiger partial charge in [0.1, 0.15) is 0 Å². The molecule has 3 heteroatoms. The zero-order valence-corrected chi connectivity index (χ0v) is 8.55. The lowest BCUT2D eigenvalue weighted by Gasteiger charge is -2.05. The van der Waals surface area contributed by atoms with Gasteiger partial charge in [0, 0.05) is 17.6 Å². The van der Waals surface area contributed by atoms with E-state index in [0.717, 1.165) is 16.5 Å². The van der Waals surface area contributed by atoms with Crippen molar-refractivity contribution >= 4 is 10.8 Å². The van der Waals surface area contributed by atoms with Crippen LogP contribution in [0.15, 0.2) is 59.5 Å². The number of H-pyrrole nitrogens is 1. The summed E-state index contributed by atoms with van der Waals surface area (Å²) in [5.41, 5.74) is 0.837. The number of benzene rings is 2. The van der Waals surface area contributed by atoms with Gasteiger partial charge in [-0.1, -0.05) is 36.4 Å². The monoisotopic (exact) mass is 210 g/mol. The lowest BCUT2D eigenvalue weighted by molar-refractivity contribution is 0.856. The van der Waals surface area contributed by atoms with Crippen molar-refractivity contribution in [3.05, 3.63) is 65.1 Å². The van der Waals surface area contributed by atoms with E-state index in [1.807, 2.05) is 42.5 Å². The van der Waals surface area contributed by atoms with Gasteiger partial charge in [-0.3, -0.25) is 9.89 Å². The van der Waals surface area contributed by atoms with E-state index < -0.39 is 0 Å². The van der Waals surface area contributed by atoms with Crippen molar-refractivity contribution in [1.29, 1.82) is 0 Å². The van der Waals surface area contributed by atoms with Crippen molar-refractivity contribution < 1.29 is 0 Å². The first-order chi connectivity index (χ1) is 7.86. The molecule has 78 valence electrons. The van der Waals surface area contributed by atoms with Crippen LogP contribution in [0, 0.1) is 0 Å². The summed E-state index contributed by atoms with van der Waals surface area (Å²) in [5.74, 6) is 0. The minimum Gasteiger partial charge on any atom is -0.298 e. The van der Waals surface area contributed by atoms with E-state index in [1.54, 1.807) is 10.9 Å². The van der Waals surface area contributed by atoms with Crippen LogP contribution in [0.4, 0.5) is 0 Å². The van der Waals surface area contributed by atoms with Gasteiger partial charge in [-0.15, -0.1) is 0 Å². The summed E-state index contributed by atoms with van der Waals surface area (Å²) < 4.78 is 1.54. The van der Waals surface area contributed by atoms with Crippen molar-refractivity contribution in [1.82, 2.24) is 9.78 Å². The fourth-order valence-electron chi connectivity index (χ4n) is 1.91. The molecule has 0 aliphatic carbocycles. The summed E-state index contributed by atoms with van der Waals surface area (Å²) in [6.45, 7) is 0. The maximum absolute atomic E-state index is 11.6. The molecule has 1 heterocycles. The highest BCUT2D eigenvalue weighted by Crippen LogP contribution is 2.20. The second kappa shape index (κ2) is 3.38. The van der Waals surface area contributed by atoms with Gasteiger partial charge in [-0.2, -0.15) is 0 Å². The molecule has 0 saturated heterocycles. The van der Waals surface area contributed by atoms with E-state index >= 15 is 0 Å². The van der Waals surface area contributed by atoms with Gasteiger partial charge in [0.05, 0.1) is 5.69 Å². The predicted molar refractivity (Wildman–Crippen MR) is 63.9 cm³/mol. The third-order valence-corrected chi connectivity index (χ3v) is 2.66. The summed E-state index contributed by atoms with van der Waals surface area (Å²) in [7, 11) is 0. The maximum Gasteiger partial charge on any atom is 0.271 e. The SMILES string of the molecule is O=c1cc[nH]n1-c1cccc2ccccc12. The molecule has 0 fully saturated rings. The van der Waals surface area contributed by atoms with Gasteiger partial charge in [-0.05, 0) is 11.5 Å². The van der Waals surface area contributed by atoms with E-state index in [2.05, 4.69) is 5.10 Å². The molecule has 0 bridgehead atoms. The Morgan fingerprint density at radius 3 is 2.56 bits per heavy atom. The number of hydrogen-bond acceptors (Lipinski definition) is 1. The number of aromatic nitrogens is 2. The Balaban J connectivity index is 2.41. The second-order valence-corrected chi connectivity index (χ2v) is 3.63. The van der Waals surface area contributed by atoms with Gasteiger partial charge in [0.15, 0.2) is 0 Å². The zero-order chi connectivity index (χ0) is 11.0. The van der Waals surface area contributed by atoms with E-state index in [0.29, 0.717) is 0 Å². The number of nitrogens with one attached hydrogen (secondary N) is 1. The van der Waals surface area contributed by atoms with Crippen molar-refractivity contribution in [3.8, 4) is 5.69 Å². The molecule has 0 saturated carbocycles. The Hall–Kier alpha value is -2.29. The average Bonchev–Trinajstić information content (AvgIpc) is 2.75. The lowest BCUT2D eigenvalue weighted by atomic mass is 10.1. The third kappa shape index (κ3) is 1.26. The fraction of sp³-hybridized carbons (Fsp3) is 0. The molecular formula is C13H10N2O. The summed E-state index contributed by atoms with van der Waals surface area (Å²) >= 11 is 0. The lowest BCUT2D eigenvalue weighted by Crippen LogP contribution is -2.13. The van der Waals surface area contributed by atoms with Crippen LogP contribution in [0.1, 0.15) is 0 Å². The van der Waals surface area contributed by atoms with Gasteiger partial charge >= 0.3 is 0 Å². The molecule has 16 heavy (non-hydrogen) atoms. The zero-order valence-electron chi connectivity index (χ0n) is 8.55. The Labute approximate surface area is 91.9 Å². The summed E-state index contributed by atoms with van der Waals surface area (Å²) in [6, 6.07) is 15.4. The predicted octanol–water partition coefficient (Wildman–Crippen LogP) is 2.32. The number of aromatic amines is 1. The van der Waals surface area contributed by atoms with E-state index in [9.17, 15) is 4.79 Å². The van der Waals surface area contributed by atoms with Gasteiger partial charge < -0.3 is 0 Å². The summed E-state index contributed by atoms with van der Waals surface area (Å²) in [6.07, 6.45) is 1.64. The Morgan fingerprint density at radius 2 is 1.75 bits per heavy atom. The van der Waals surface area contributed by atoms with Crippen LogP contribution in [0.5, 0.6) is 0 Å². The molecule has 3 aromatic rings. The molecular weight excluding hydrogens is 200 g/mol. The average molecular weight is 210 g/mol. The van der Waals surface area contributed by atoms with E-state index in [1.165, 1.54) is 6.07 Å². The summed E-state index contributed by atoms with van der Waals surface area (Å²) in [4.78, 5) is 11.6. The quantitative estimate of drug-likeness (QED) is 0.657. The highest BCUT2D eigenvalue weighted by molar-refractivity contribution is 5.89. The molecule has 2 aromatic carbocycles. The highest BCUT2D eigenvalue weighted by atomic mass is 16.1. The Kier molecular flexibility index (Phi) is 1.90. The van der Waals surface area contributed by atoms with Crippen LogP contribution < -0.4 is 5.56 Å². The van der Waals surface area contributed by atoms with Crippen LogP contribution in [0.2, 0.25) is 0 Å². The molecule has 0 aliphatic heterocycles. The molecule has 0 unspecified atom stereocenters. The Bertz CT molecular complexity index is 689. The van der Waals surface area contributed by atoms with Gasteiger partial charge in [0.2, 0.25) is 0 Å². The number of rotatable bonds is 1. The van der Waals surface area contributed by atoms with E-state index in [4.69, 9.17) is 0 Å². The first-order valence-electron chi connectivity index (χ1n) is 5.11. The van der Waals surface area contributed by atoms with Crippen LogP contribution in [0.3, 0.4) is 0 Å². The first-order valence-corrected chi connectivity index (χ1v) is 5.11. The number of nitrogens with zero attached hydrogens (tertiary/aromatic N) is 1. The number of hydrogen-bond donors (Lipinski definition) is 1. The van der Waals surface area contributed by atoms with Crippen LogP contribution in [-0.2, 0) is 0 Å². The molecule has 0 aliphatic rings. The minimum absolute atomic E-state index is 0.0450. The molecule has 0 atom stereocenters. The minimum atomic E-state index is -0.0450. The van der Waals surface area contributed by atoms with Gasteiger partial charge in [0.25, 0.3) is 5.56 Å². The molecule has 1 aromatic heterocycles. The van der Waals surface area contributed by atoms with Crippen molar-refractivity contribution in [2.75, 3.05) is 0 Å². The first kappa shape index (κ1) is 8.97. The van der Waals surface area contributed by atoms with Crippen molar-refractivity contribution in [2.45, 2.75) is 0 Å². The normalized spacial score (nSPS) is 10.8. The fourth-order valence-corrected chi connectivity index (χ4v) is 1.91. The van der Waals surface area contributed by atoms with Crippen molar-refractivity contribution in [2.24, 2.45) is 0 Å². The van der Waals surface area contributed by atoms with Gasteiger partial charge in [-0.25, -0.2) is 4.68 Å². The largest absolute Gasteiger partial charge is 0.298 e. The highest BCUT2D eigenvalue weighted by Gasteiger charge is 2.03. The molecule has 1 N–H and O–H groups in total. The van der Waals surface area contributed by atoms with Crippen LogP contribution in [-0.4, -0.2) is 9.78 Å². The molecule has 0 radical (unpaired) electrons. The molecule has 0 spiro atoms.